The molecule has 5 N–H and O–H groups in total. The predicted octanol–water partition coefficient (Wildman–Crippen LogP) is 2.37. The first kappa shape index (κ1) is 24.3. The third-order valence-electron chi connectivity index (χ3n) is 6.31. The molecular weight excluding hydrogens is 488 g/mol. The number of ketones is 1. The molecular formula is C26H24O11. The summed E-state index contributed by atoms with van der Waals surface area (Å²) in [5, 5.41) is 51.1. The van der Waals surface area contributed by atoms with Crippen LogP contribution in [0.25, 0.3) is 0 Å². The Kier molecular flexibility index (Phi) is 6.10. The quantitative estimate of drug-likeness (QED) is 0.341. The molecule has 37 heavy (non-hydrogen) atoms. The van der Waals surface area contributed by atoms with Gasteiger partial charge in [-0.25, -0.2) is 0 Å². The van der Waals surface area contributed by atoms with Gasteiger partial charge in [-0.3, -0.25) is 4.79 Å². The van der Waals surface area contributed by atoms with Gasteiger partial charge in [0, 0.05) is 23.3 Å². The molecule has 0 bridgehead atoms. The van der Waals surface area contributed by atoms with E-state index in [4.69, 9.17) is 23.7 Å². The molecule has 3 aromatic rings. The largest absolute Gasteiger partial charge is 0.508 e. The molecule has 0 unspecified atom stereocenters. The summed E-state index contributed by atoms with van der Waals surface area (Å²) in [6.07, 6.45) is -4.74. The molecule has 0 amide bonds. The number of hydrogen-bond donors (Lipinski definition) is 5. The summed E-state index contributed by atoms with van der Waals surface area (Å²) in [5.74, 6) is -1.28. The zero-order chi connectivity index (χ0) is 26.4. The molecule has 0 saturated heterocycles. The van der Waals surface area contributed by atoms with E-state index >= 15 is 0 Å². The molecule has 3 aromatic carbocycles. The molecule has 2 aliphatic heterocycles. The number of methoxy groups -OCH3 is 2. The van der Waals surface area contributed by atoms with E-state index in [1.54, 1.807) is 18.2 Å². The average Bonchev–Trinajstić information content (AvgIpc) is 2.89. The Hall–Kier alpha value is -4.35. The molecule has 0 saturated carbocycles. The molecule has 194 valence electrons. The third-order valence-corrected chi connectivity index (χ3v) is 6.31. The molecule has 0 fully saturated rings. The van der Waals surface area contributed by atoms with Crippen molar-refractivity contribution < 1.29 is 54.0 Å². The van der Waals surface area contributed by atoms with Crippen LogP contribution >= 0.6 is 0 Å². The lowest BCUT2D eigenvalue weighted by atomic mass is 9.91. The number of ether oxygens (including phenoxy) is 5. The summed E-state index contributed by atoms with van der Waals surface area (Å²) in [5.41, 5.74) is 0.502. The van der Waals surface area contributed by atoms with Crippen LogP contribution in [0.4, 0.5) is 0 Å². The zero-order valence-corrected chi connectivity index (χ0v) is 19.7. The van der Waals surface area contributed by atoms with Crippen molar-refractivity contribution in [3.8, 4) is 46.0 Å². The second-order valence-electron chi connectivity index (χ2n) is 8.51. The predicted molar refractivity (Wildman–Crippen MR) is 126 cm³/mol. The fourth-order valence-corrected chi connectivity index (χ4v) is 4.54. The first-order valence-corrected chi connectivity index (χ1v) is 11.2. The average molecular weight is 512 g/mol. The Bertz CT molecular complexity index is 1340. The molecule has 0 aliphatic carbocycles. The number of aromatic hydroxyl groups is 3. The maximum atomic E-state index is 12.9. The van der Waals surface area contributed by atoms with E-state index in [1.165, 1.54) is 26.4 Å². The van der Waals surface area contributed by atoms with Crippen LogP contribution in [-0.2, 0) is 0 Å². The van der Waals surface area contributed by atoms with Crippen molar-refractivity contribution in [2.75, 3.05) is 20.8 Å². The van der Waals surface area contributed by atoms with E-state index < -0.39 is 42.6 Å². The number of carbonyl (C=O) groups excluding carboxylic acids is 1. The van der Waals surface area contributed by atoms with E-state index in [2.05, 4.69) is 0 Å². The lowest BCUT2D eigenvalue weighted by Gasteiger charge is -2.37. The molecule has 2 aliphatic rings. The molecule has 11 nitrogen and oxygen atoms in total. The van der Waals surface area contributed by atoms with Gasteiger partial charge in [0.15, 0.2) is 47.4 Å². The number of aliphatic hydroxyl groups excluding tert-OH is 2. The summed E-state index contributed by atoms with van der Waals surface area (Å²) in [6, 6.07) is 10.00. The normalized spacial score (nSPS) is 22.1. The van der Waals surface area contributed by atoms with E-state index in [0.29, 0.717) is 5.56 Å². The number of Topliss-reactive ketones (excluding diaryl/α,β-unsaturated/α-hetero) is 1. The van der Waals surface area contributed by atoms with Gasteiger partial charge in [-0.15, -0.1) is 0 Å². The number of phenols is 3. The Labute approximate surface area is 210 Å². The van der Waals surface area contributed by atoms with Gasteiger partial charge in [-0.05, 0) is 18.2 Å². The Morgan fingerprint density at radius 3 is 2.22 bits per heavy atom. The molecule has 4 atom stereocenters. The maximum absolute atomic E-state index is 12.9. The van der Waals surface area contributed by atoms with Crippen molar-refractivity contribution >= 4 is 5.78 Å². The van der Waals surface area contributed by atoms with Crippen molar-refractivity contribution in [3.05, 3.63) is 59.2 Å². The van der Waals surface area contributed by atoms with Crippen LogP contribution in [0.3, 0.4) is 0 Å². The van der Waals surface area contributed by atoms with Crippen molar-refractivity contribution in [1.82, 2.24) is 0 Å². The van der Waals surface area contributed by atoms with Crippen LogP contribution in [0.5, 0.6) is 46.0 Å². The lowest BCUT2D eigenvalue weighted by Crippen LogP contribution is -2.39. The van der Waals surface area contributed by atoms with Crippen LogP contribution in [0.15, 0.2) is 42.5 Å². The van der Waals surface area contributed by atoms with Gasteiger partial charge < -0.3 is 49.2 Å². The van der Waals surface area contributed by atoms with E-state index in [1.807, 2.05) is 0 Å². The van der Waals surface area contributed by atoms with Crippen LogP contribution in [0, 0.1) is 0 Å². The number of benzene rings is 3. The summed E-state index contributed by atoms with van der Waals surface area (Å²) < 4.78 is 28.6. The van der Waals surface area contributed by atoms with Crippen LogP contribution in [0.1, 0.15) is 33.7 Å². The monoisotopic (exact) mass is 512 g/mol. The van der Waals surface area contributed by atoms with Gasteiger partial charge in [-0.2, -0.15) is 0 Å². The number of aliphatic hydroxyl groups is 2. The number of phenolic OH excluding ortho intramolecular Hbond substituents is 3. The van der Waals surface area contributed by atoms with Crippen LogP contribution < -0.4 is 23.7 Å². The molecule has 11 heteroatoms. The minimum atomic E-state index is -1.70. The van der Waals surface area contributed by atoms with Gasteiger partial charge in [0.25, 0.3) is 0 Å². The standard InChI is InChI=1S/C26H24O11/c1-33-17-6-11(7-18(34-2)21(17)30)24-19(10-27)37-25-13(4-3-5-15(25)35-24)26-23(32)22(31)20-14(29)8-12(28)9-16(20)36-26/h3-9,19,23-24,26-30,32H,10H2,1-2H3/t19-,23+,24-,26-/m1/s1. The number of fused-ring (bicyclic) bond motifs is 2. The smallest absolute Gasteiger partial charge is 0.202 e. The van der Waals surface area contributed by atoms with E-state index in [0.717, 1.165) is 12.1 Å². The second kappa shape index (κ2) is 9.26. The zero-order valence-electron chi connectivity index (χ0n) is 19.7. The number of rotatable bonds is 5. The van der Waals surface area contributed by atoms with Crippen LogP contribution in [-0.4, -0.2) is 64.4 Å². The Balaban J connectivity index is 1.54. The summed E-state index contributed by atoms with van der Waals surface area (Å²) in [7, 11) is 2.77. The highest BCUT2D eigenvalue weighted by Gasteiger charge is 2.43. The first-order valence-electron chi connectivity index (χ1n) is 11.2. The van der Waals surface area contributed by atoms with Crippen molar-refractivity contribution in [1.29, 1.82) is 0 Å². The van der Waals surface area contributed by atoms with Gasteiger partial charge in [0.1, 0.15) is 22.8 Å². The number of hydrogen-bond acceptors (Lipinski definition) is 11. The van der Waals surface area contributed by atoms with Gasteiger partial charge in [-0.1, -0.05) is 12.1 Å². The van der Waals surface area contributed by atoms with E-state index in [9.17, 15) is 30.3 Å². The van der Waals surface area contributed by atoms with Crippen molar-refractivity contribution in [2.24, 2.45) is 0 Å². The highest BCUT2D eigenvalue weighted by molar-refractivity contribution is 6.05. The van der Waals surface area contributed by atoms with Gasteiger partial charge in [0.05, 0.1) is 20.8 Å². The molecule has 5 rings (SSSR count). The summed E-state index contributed by atoms with van der Waals surface area (Å²) in [6.45, 7) is -0.471. The minimum absolute atomic E-state index is 0.105. The lowest BCUT2D eigenvalue weighted by molar-refractivity contribution is -0.0185. The topological polar surface area (TPSA) is 164 Å². The molecule has 0 aromatic heterocycles. The molecule has 2 heterocycles. The van der Waals surface area contributed by atoms with Crippen molar-refractivity contribution in [3.63, 3.8) is 0 Å². The fraction of sp³-hybridized carbons (Fsp3) is 0.269. The number of para-hydroxylation sites is 1. The Morgan fingerprint density at radius 2 is 1.57 bits per heavy atom. The third kappa shape index (κ3) is 3.98. The maximum Gasteiger partial charge on any atom is 0.202 e. The minimum Gasteiger partial charge on any atom is -0.508 e. The SMILES string of the molecule is COc1cc([C@H]2Oc3cccc([C@H]4Oc5cc(O)cc(O)c5C(=O)[C@@H]4O)c3O[C@@H]2CO)cc(OC)c1O. The van der Waals surface area contributed by atoms with Gasteiger partial charge >= 0.3 is 0 Å². The number of carbonyl (C=O) groups is 1. The first-order chi connectivity index (χ1) is 17.8. The highest BCUT2D eigenvalue weighted by atomic mass is 16.6. The Morgan fingerprint density at radius 1 is 0.892 bits per heavy atom. The van der Waals surface area contributed by atoms with Crippen molar-refractivity contribution in [2.45, 2.75) is 24.4 Å². The summed E-state index contributed by atoms with van der Waals surface area (Å²) >= 11 is 0. The second-order valence-corrected chi connectivity index (χ2v) is 8.51. The molecule has 0 radical (unpaired) electrons. The molecule has 0 spiro atoms. The van der Waals surface area contributed by atoms with E-state index in [-0.39, 0.29) is 51.4 Å². The highest BCUT2D eigenvalue weighted by Crippen LogP contribution is 2.49. The van der Waals surface area contributed by atoms with Gasteiger partial charge in [0.2, 0.25) is 11.5 Å². The van der Waals surface area contributed by atoms with Crippen LogP contribution in [0.2, 0.25) is 0 Å². The fourth-order valence-electron chi connectivity index (χ4n) is 4.54. The summed E-state index contributed by atoms with van der Waals surface area (Å²) in [4.78, 5) is 12.9.